The lowest BCUT2D eigenvalue weighted by atomic mass is 10.1. The molecule has 0 aliphatic heterocycles. The summed E-state index contributed by atoms with van der Waals surface area (Å²) in [7, 11) is -1.22. The predicted octanol–water partition coefficient (Wildman–Crippen LogP) is 3.33. The number of carbonyl (C=O) groups excluding carboxylic acids is 1. The fourth-order valence-corrected chi connectivity index (χ4v) is 3.88. The third kappa shape index (κ3) is 4.12. The van der Waals surface area contributed by atoms with Crippen molar-refractivity contribution in [3.05, 3.63) is 65.3 Å². The molecule has 1 heterocycles. The third-order valence-corrected chi connectivity index (χ3v) is 5.35. The number of ether oxygens (including phenoxy) is 1. The Kier molecular flexibility index (Phi) is 5.20. The van der Waals surface area contributed by atoms with Gasteiger partial charge in [-0.05, 0) is 29.3 Å². The average molecular weight is 406 g/mol. The van der Waals surface area contributed by atoms with E-state index in [0.717, 1.165) is 5.56 Å². The number of halogens is 1. The highest BCUT2D eigenvalue weighted by atomic mass is 35.5. The Labute approximate surface area is 161 Å². The van der Waals surface area contributed by atoms with Crippen molar-refractivity contribution in [3.63, 3.8) is 0 Å². The SMILES string of the molecule is COC(=O)c1cc(NS(=O)(=O)c2cc(Cl)cc(-c3ccccc3)c2)nn1C. The molecule has 9 heteroatoms. The van der Waals surface area contributed by atoms with Gasteiger partial charge in [-0.3, -0.25) is 9.40 Å². The monoisotopic (exact) mass is 405 g/mol. The first-order chi connectivity index (χ1) is 12.8. The predicted molar refractivity (Wildman–Crippen MR) is 102 cm³/mol. The Morgan fingerprint density at radius 1 is 1.11 bits per heavy atom. The van der Waals surface area contributed by atoms with Gasteiger partial charge in [0.2, 0.25) is 0 Å². The lowest BCUT2D eigenvalue weighted by molar-refractivity contribution is 0.0588. The quantitative estimate of drug-likeness (QED) is 0.657. The van der Waals surface area contributed by atoms with Gasteiger partial charge >= 0.3 is 5.97 Å². The number of esters is 1. The molecule has 0 atom stereocenters. The molecule has 1 aromatic heterocycles. The first-order valence-electron chi connectivity index (χ1n) is 7.81. The summed E-state index contributed by atoms with van der Waals surface area (Å²) in [6.07, 6.45) is 0. The molecule has 27 heavy (non-hydrogen) atoms. The Bertz CT molecular complexity index is 1100. The van der Waals surface area contributed by atoms with Crippen molar-refractivity contribution < 1.29 is 17.9 Å². The van der Waals surface area contributed by atoms with Gasteiger partial charge in [-0.15, -0.1) is 0 Å². The normalized spacial score (nSPS) is 11.2. The molecular formula is C18H16ClN3O4S. The summed E-state index contributed by atoms with van der Waals surface area (Å²) in [6.45, 7) is 0. The van der Waals surface area contributed by atoms with E-state index < -0.39 is 16.0 Å². The topological polar surface area (TPSA) is 90.3 Å². The highest BCUT2D eigenvalue weighted by Crippen LogP contribution is 2.28. The molecule has 7 nitrogen and oxygen atoms in total. The third-order valence-electron chi connectivity index (χ3n) is 3.80. The average Bonchev–Trinajstić information content (AvgIpc) is 3.00. The van der Waals surface area contributed by atoms with Crippen LogP contribution in [-0.4, -0.2) is 31.3 Å². The zero-order valence-electron chi connectivity index (χ0n) is 14.5. The molecule has 2 aromatic carbocycles. The molecule has 0 fully saturated rings. The summed E-state index contributed by atoms with van der Waals surface area (Å²) in [6, 6.07) is 15.1. The van der Waals surface area contributed by atoms with Crippen LogP contribution in [-0.2, 0) is 21.8 Å². The number of sulfonamides is 1. The van der Waals surface area contributed by atoms with E-state index in [1.807, 2.05) is 30.3 Å². The Balaban J connectivity index is 1.96. The molecule has 0 radical (unpaired) electrons. The first kappa shape index (κ1) is 18.9. The van der Waals surface area contributed by atoms with E-state index in [4.69, 9.17) is 11.6 Å². The van der Waals surface area contributed by atoms with Crippen LogP contribution in [0.15, 0.2) is 59.5 Å². The molecule has 0 saturated carbocycles. The second-order valence-electron chi connectivity index (χ2n) is 5.68. The van der Waals surface area contributed by atoms with Crippen LogP contribution in [0.1, 0.15) is 10.5 Å². The van der Waals surface area contributed by atoms with Gasteiger partial charge in [0.15, 0.2) is 5.82 Å². The zero-order chi connectivity index (χ0) is 19.6. The maximum absolute atomic E-state index is 12.8. The molecule has 0 bridgehead atoms. The maximum Gasteiger partial charge on any atom is 0.356 e. The summed E-state index contributed by atoms with van der Waals surface area (Å²) < 4.78 is 33.7. The van der Waals surface area contributed by atoms with Crippen LogP contribution in [0.3, 0.4) is 0 Å². The Hall–Kier alpha value is -2.84. The van der Waals surface area contributed by atoms with Gasteiger partial charge in [0.05, 0.1) is 12.0 Å². The summed E-state index contributed by atoms with van der Waals surface area (Å²) >= 11 is 6.13. The molecule has 0 spiro atoms. The van der Waals surface area contributed by atoms with Gasteiger partial charge in [-0.1, -0.05) is 41.9 Å². The largest absolute Gasteiger partial charge is 0.464 e. The van der Waals surface area contributed by atoms with Gasteiger partial charge < -0.3 is 4.74 Å². The number of benzene rings is 2. The lowest BCUT2D eigenvalue weighted by Gasteiger charge is -2.09. The van der Waals surface area contributed by atoms with Crippen molar-refractivity contribution in [3.8, 4) is 11.1 Å². The summed E-state index contributed by atoms with van der Waals surface area (Å²) in [5.74, 6) is -0.622. The number of anilines is 1. The van der Waals surface area contributed by atoms with Crippen molar-refractivity contribution in [2.45, 2.75) is 4.90 Å². The van der Waals surface area contributed by atoms with Crippen LogP contribution in [0.5, 0.6) is 0 Å². The van der Waals surface area contributed by atoms with E-state index >= 15 is 0 Å². The molecule has 1 N–H and O–H groups in total. The van der Waals surface area contributed by atoms with E-state index in [2.05, 4.69) is 14.6 Å². The first-order valence-corrected chi connectivity index (χ1v) is 9.67. The minimum atomic E-state index is -3.96. The fourth-order valence-electron chi connectivity index (χ4n) is 2.52. The molecule has 0 aliphatic carbocycles. The van der Waals surface area contributed by atoms with E-state index in [1.54, 1.807) is 6.07 Å². The highest BCUT2D eigenvalue weighted by Gasteiger charge is 2.20. The number of aryl methyl sites for hydroxylation is 1. The van der Waals surface area contributed by atoms with Crippen molar-refractivity contribution in [2.24, 2.45) is 7.05 Å². The number of aromatic nitrogens is 2. The van der Waals surface area contributed by atoms with E-state index in [-0.39, 0.29) is 21.4 Å². The minimum Gasteiger partial charge on any atom is -0.464 e. The molecule has 0 aliphatic rings. The number of rotatable bonds is 5. The van der Waals surface area contributed by atoms with Crippen molar-refractivity contribution >= 4 is 33.4 Å². The number of methoxy groups -OCH3 is 1. The second kappa shape index (κ2) is 7.42. The van der Waals surface area contributed by atoms with Crippen molar-refractivity contribution in [2.75, 3.05) is 11.8 Å². The summed E-state index contributed by atoms with van der Waals surface area (Å²) in [5.41, 5.74) is 1.62. The number of nitrogens with one attached hydrogen (secondary N) is 1. The lowest BCUT2D eigenvalue weighted by Crippen LogP contribution is -2.13. The number of nitrogens with zero attached hydrogens (tertiary/aromatic N) is 2. The Morgan fingerprint density at radius 3 is 2.48 bits per heavy atom. The van der Waals surface area contributed by atoms with Gasteiger partial charge in [0.1, 0.15) is 5.69 Å². The van der Waals surface area contributed by atoms with Crippen LogP contribution in [0.25, 0.3) is 11.1 Å². The van der Waals surface area contributed by atoms with Crippen LogP contribution >= 0.6 is 11.6 Å². The molecule has 0 unspecified atom stereocenters. The molecule has 3 aromatic rings. The van der Waals surface area contributed by atoms with Crippen LogP contribution in [0, 0.1) is 0 Å². The van der Waals surface area contributed by atoms with E-state index in [9.17, 15) is 13.2 Å². The number of hydrogen-bond acceptors (Lipinski definition) is 5. The van der Waals surface area contributed by atoms with Gasteiger partial charge in [0, 0.05) is 18.1 Å². The van der Waals surface area contributed by atoms with E-state index in [0.29, 0.717) is 5.56 Å². The summed E-state index contributed by atoms with van der Waals surface area (Å²) in [4.78, 5) is 11.6. The van der Waals surface area contributed by atoms with Gasteiger partial charge in [-0.2, -0.15) is 5.10 Å². The van der Waals surface area contributed by atoms with Crippen LogP contribution in [0.2, 0.25) is 5.02 Å². The Morgan fingerprint density at radius 2 is 1.81 bits per heavy atom. The van der Waals surface area contributed by atoms with Gasteiger partial charge in [-0.25, -0.2) is 13.2 Å². The smallest absolute Gasteiger partial charge is 0.356 e. The number of hydrogen-bond donors (Lipinski definition) is 1. The summed E-state index contributed by atoms with van der Waals surface area (Å²) in [5, 5.41) is 4.27. The van der Waals surface area contributed by atoms with Crippen molar-refractivity contribution in [1.29, 1.82) is 0 Å². The fraction of sp³-hybridized carbons (Fsp3) is 0.111. The molecule has 0 saturated heterocycles. The van der Waals surface area contributed by atoms with Gasteiger partial charge in [0.25, 0.3) is 10.0 Å². The second-order valence-corrected chi connectivity index (χ2v) is 7.80. The minimum absolute atomic E-state index is 0.000799. The highest BCUT2D eigenvalue weighted by molar-refractivity contribution is 7.92. The van der Waals surface area contributed by atoms with Crippen molar-refractivity contribution in [1.82, 2.24) is 9.78 Å². The number of carbonyl (C=O) groups is 1. The molecular weight excluding hydrogens is 390 g/mol. The standard InChI is InChI=1S/C18H16ClN3O4S/c1-22-16(18(23)26-2)11-17(20-22)21-27(24,25)15-9-13(8-14(19)10-15)12-6-4-3-5-7-12/h3-11H,1-2H3,(H,20,21). The zero-order valence-corrected chi connectivity index (χ0v) is 16.1. The molecule has 140 valence electrons. The molecule has 3 rings (SSSR count). The van der Waals surface area contributed by atoms with Crippen LogP contribution < -0.4 is 4.72 Å². The van der Waals surface area contributed by atoms with Crippen LogP contribution in [0.4, 0.5) is 5.82 Å². The maximum atomic E-state index is 12.8. The van der Waals surface area contributed by atoms with E-state index in [1.165, 1.54) is 37.0 Å². The molecule has 0 amide bonds.